The van der Waals surface area contributed by atoms with E-state index >= 15 is 0 Å². The SMILES string of the molecule is COc1cc(C(=O)Nc2cc(C(F)(F)F)ccc2N(C)C)cc2c1OCCO2. The van der Waals surface area contributed by atoms with Crippen LogP contribution in [0, 0.1) is 0 Å². The van der Waals surface area contributed by atoms with E-state index in [1.165, 1.54) is 25.3 Å². The molecule has 9 heteroatoms. The predicted molar refractivity (Wildman–Crippen MR) is 97.7 cm³/mol. The fraction of sp³-hybridized carbons (Fsp3) is 0.316. The molecule has 28 heavy (non-hydrogen) atoms. The number of halogens is 3. The van der Waals surface area contributed by atoms with E-state index in [0.717, 1.165) is 12.1 Å². The molecule has 3 rings (SSSR count). The zero-order valence-electron chi connectivity index (χ0n) is 15.5. The van der Waals surface area contributed by atoms with Crippen LogP contribution in [0.1, 0.15) is 15.9 Å². The maximum atomic E-state index is 13.1. The van der Waals surface area contributed by atoms with Crippen molar-refractivity contribution in [1.82, 2.24) is 0 Å². The van der Waals surface area contributed by atoms with Gasteiger partial charge in [-0.1, -0.05) is 0 Å². The summed E-state index contributed by atoms with van der Waals surface area (Å²) < 4.78 is 55.4. The number of nitrogens with one attached hydrogen (secondary N) is 1. The first-order chi connectivity index (χ1) is 13.2. The Bertz CT molecular complexity index is 880. The van der Waals surface area contributed by atoms with Gasteiger partial charge in [-0.3, -0.25) is 4.79 Å². The highest BCUT2D eigenvalue weighted by atomic mass is 19.4. The van der Waals surface area contributed by atoms with E-state index < -0.39 is 17.6 Å². The number of anilines is 2. The van der Waals surface area contributed by atoms with Gasteiger partial charge in [0.25, 0.3) is 5.91 Å². The Balaban J connectivity index is 1.97. The number of hydrogen-bond donors (Lipinski definition) is 1. The molecule has 1 aliphatic rings. The summed E-state index contributed by atoms with van der Waals surface area (Å²) in [6.07, 6.45) is -4.52. The second kappa shape index (κ2) is 7.49. The normalized spacial score (nSPS) is 13.1. The van der Waals surface area contributed by atoms with Gasteiger partial charge in [-0.25, -0.2) is 0 Å². The van der Waals surface area contributed by atoms with Crippen LogP contribution in [0.2, 0.25) is 0 Å². The van der Waals surface area contributed by atoms with Crippen LogP contribution in [0.5, 0.6) is 17.2 Å². The van der Waals surface area contributed by atoms with Gasteiger partial charge in [-0.2, -0.15) is 13.2 Å². The van der Waals surface area contributed by atoms with Gasteiger partial charge in [0.2, 0.25) is 5.75 Å². The summed E-state index contributed by atoms with van der Waals surface area (Å²) in [4.78, 5) is 14.4. The Morgan fingerprint density at radius 3 is 2.50 bits per heavy atom. The third kappa shape index (κ3) is 3.92. The van der Waals surface area contributed by atoms with E-state index in [2.05, 4.69) is 5.32 Å². The van der Waals surface area contributed by atoms with E-state index in [1.54, 1.807) is 19.0 Å². The standard InChI is InChI=1S/C19H19F3N2O4/c1-24(2)14-5-4-12(19(20,21)22)10-13(14)23-18(25)11-8-15(26-3)17-16(9-11)27-6-7-28-17/h4-5,8-10H,6-7H2,1-3H3,(H,23,25). The van der Waals surface area contributed by atoms with Crippen LogP contribution in [0.3, 0.4) is 0 Å². The van der Waals surface area contributed by atoms with Crippen molar-refractivity contribution in [3.8, 4) is 17.2 Å². The molecule has 2 aromatic rings. The molecule has 1 heterocycles. The molecule has 1 aliphatic heterocycles. The molecule has 0 saturated heterocycles. The zero-order valence-corrected chi connectivity index (χ0v) is 15.5. The molecular formula is C19H19F3N2O4. The van der Waals surface area contributed by atoms with Gasteiger partial charge in [-0.05, 0) is 30.3 Å². The van der Waals surface area contributed by atoms with Gasteiger partial charge in [-0.15, -0.1) is 0 Å². The van der Waals surface area contributed by atoms with Crippen LogP contribution >= 0.6 is 0 Å². The van der Waals surface area contributed by atoms with Crippen molar-refractivity contribution >= 4 is 17.3 Å². The lowest BCUT2D eigenvalue weighted by Gasteiger charge is -2.22. The van der Waals surface area contributed by atoms with E-state index in [9.17, 15) is 18.0 Å². The number of benzene rings is 2. The first-order valence-electron chi connectivity index (χ1n) is 8.38. The quantitative estimate of drug-likeness (QED) is 0.852. The Kier molecular flexibility index (Phi) is 5.26. The fourth-order valence-corrected chi connectivity index (χ4v) is 2.80. The van der Waals surface area contributed by atoms with Crippen LogP contribution in [0.25, 0.3) is 0 Å². The number of fused-ring (bicyclic) bond motifs is 1. The average Bonchev–Trinajstić information content (AvgIpc) is 2.66. The Morgan fingerprint density at radius 2 is 1.86 bits per heavy atom. The van der Waals surface area contributed by atoms with Crippen molar-refractivity contribution in [2.24, 2.45) is 0 Å². The molecular weight excluding hydrogens is 377 g/mol. The van der Waals surface area contributed by atoms with Crippen molar-refractivity contribution in [2.45, 2.75) is 6.18 Å². The number of rotatable bonds is 4. The van der Waals surface area contributed by atoms with Crippen LogP contribution < -0.4 is 24.4 Å². The summed E-state index contributed by atoms with van der Waals surface area (Å²) in [5, 5.41) is 2.55. The molecule has 0 radical (unpaired) electrons. The molecule has 0 fully saturated rings. The Hall–Kier alpha value is -3.10. The molecule has 150 valence electrons. The molecule has 0 atom stereocenters. The second-order valence-corrected chi connectivity index (χ2v) is 6.28. The number of amides is 1. The van der Waals surface area contributed by atoms with Crippen LogP contribution in [-0.4, -0.2) is 40.3 Å². The van der Waals surface area contributed by atoms with Gasteiger partial charge in [0.05, 0.1) is 24.0 Å². The number of carbonyl (C=O) groups is 1. The molecule has 0 saturated carbocycles. The molecule has 0 bridgehead atoms. The molecule has 1 N–H and O–H groups in total. The lowest BCUT2D eigenvalue weighted by molar-refractivity contribution is -0.137. The predicted octanol–water partition coefficient (Wildman–Crippen LogP) is 3.80. The van der Waals surface area contributed by atoms with Gasteiger partial charge in [0.1, 0.15) is 13.2 Å². The topological polar surface area (TPSA) is 60.0 Å². The maximum Gasteiger partial charge on any atom is 0.416 e. The molecule has 1 amide bonds. The first kappa shape index (κ1) is 19.7. The van der Waals surface area contributed by atoms with Crippen LogP contribution in [0.4, 0.5) is 24.5 Å². The third-order valence-electron chi connectivity index (χ3n) is 4.14. The van der Waals surface area contributed by atoms with Gasteiger partial charge < -0.3 is 24.4 Å². The number of ether oxygens (including phenoxy) is 3. The lowest BCUT2D eigenvalue weighted by Crippen LogP contribution is -2.20. The van der Waals surface area contributed by atoms with Gasteiger partial charge >= 0.3 is 6.18 Å². The van der Waals surface area contributed by atoms with Crippen molar-refractivity contribution in [2.75, 3.05) is 44.6 Å². The largest absolute Gasteiger partial charge is 0.493 e. The minimum absolute atomic E-state index is 0.0404. The lowest BCUT2D eigenvalue weighted by atomic mass is 10.1. The zero-order chi connectivity index (χ0) is 20.5. The van der Waals surface area contributed by atoms with E-state index in [-0.39, 0.29) is 11.3 Å². The average molecular weight is 396 g/mol. The van der Waals surface area contributed by atoms with Crippen molar-refractivity contribution < 1.29 is 32.2 Å². The summed E-state index contributed by atoms with van der Waals surface area (Å²) in [5.41, 5.74) is -0.207. The summed E-state index contributed by atoms with van der Waals surface area (Å²) in [6, 6.07) is 6.10. The molecule has 6 nitrogen and oxygen atoms in total. The van der Waals surface area contributed by atoms with E-state index in [1.807, 2.05) is 0 Å². The minimum Gasteiger partial charge on any atom is -0.493 e. The number of hydrogen-bond acceptors (Lipinski definition) is 5. The summed E-state index contributed by atoms with van der Waals surface area (Å²) in [6.45, 7) is 0.672. The van der Waals surface area contributed by atoms with Crippen LogP contribution in [-0.2, 0) is 6.18 Å². The smallest absolute Gasteiger partial charge is 0.416 e. The number of carbonyl (C=O) groups excluding carboxylic acids is 1. The van der Waals surface area contributed by atoms with Crippen molar-refractivity contribution in [3.63, 3.8) is 0 Å². The van der Waals surface area contributed by atoms with Crippen molar-refractivity contribution in [1.29, 1.82) is 0 Å². The highest BCUT2D eigenvalue weighted by Gasteiger charge is 2.31. The second-order valence-electron chi connectivity index (χ2n) is 6.28. The summed E-state index contributed by atoms with van der Waals surface area (Å²) in [7, 11) is 4.77. The molecule has 0 aromatic heterocycles. The van der Waals surface area contributed by atoms with Gasteiger partial charge in [0, 0.05) is 19.7 Å². The molecule has 0 spiro atoms. The summed E-state index contributed by atoms with van der Waals surface area (Å²) in [5.74, 6) is 0.433. The summed E-state index contributed by atoms with van der Waals surface area (Å²) >= 11 is 0. The first-order valence-corrected chi connectivity index (χ1v) is 8.38. The fourth-order valence-electron chi connectivity index (χ4n) is 2.80. The highest BCUT2D eigenvalue weighted by molar-refractivity contribution is 6.06. The van der Waals surface area contributed by atoms with Crippen molar-refractivity contribution in [3.05, 3.63) is 41.5 Å². The Morgan fingerprint density at radius 1 is 1.14 bits per heavy atom. The van der Waals surface area contributed by atoms with E-state index in [4.69, 9.17) is 14.2 Å². The van der Waals surface area contributed by atoms with Crippen LogP contribution in [0.15, 0.2) is 30.3 Å². The maximum absolute atomic E-state index is 13.1. The third-order valence-corrected chi connectivity index (χ3v) is 4.14. The highest BCUT2D eigenvalue weighted by Crippen LogP contribution is 2.41. The van der Waals surface area contributed by atoms with E-state index in [0.29, 0.717) is 36.1 Å². The minimum atomic E-state index is -4.52. The molecule has 2 aromatic carbocycles. The number of methoxy groups -OCH3 is 1. The number of nitrogens with zero attached hydrogens (tertiary/aromatic N) is 1. The number of alkyl halides is 3. The monoisotopic (exact) mass is 396 g/mol. The molecule has 0 unspecified atom stereocenters. The Labute approximate surface area is 159 Å². The molecule has 0 aliphatic carbocycles. The van der Waals surface area contributed by atoms with Gasteiger partial charge in [0.15, 0.2) is 11.5 Å².